The second-order valence-corrected chi connectivity index (χ2v) is 4.44. The molecule has 0 saturated heterocycles. The molecule has 1 amide bonds. The third-order valence-electron chi connectivity index (χ3n) is 2.19. The van der Waals surface area contributed by atoms with E-state index >= 15 is 0 Å². The van der Waals surface area contributed by atoms with E-state index < -0.39 is 0 Å². The number of nitrogens with one attached hydrogen (secondary N) is 1. The van der Waals surface area contributed by atoms with Gasteiger partial charge in [-0.1, -0.05) is 22.0 Å². The Kier molecular flexibility index (Phi) is 3.98. The molecule has 2 rings (SSSR count). The topological polar surface area (TPSA) is 72.7 Å². The van der Waals surface area contributed by atoms with Crippen LogP contribution in [0.25, 0.3) is 0 Å². The number of carbonyl (C=O) groups excluding carboxylic acids is 1. The van der Waals surface area contributed by atoms with Crippen LogP contribution in [0.2, 0.25) is 0 Å². The summed E-state index contributed by atoms with van der Waals surface area (Å²) in [6.07, 6.45) is 1.33. The van der Waals surface area contributed by atoms with Gasteiger partial charge in [0.15, 0.2) is 0 Å². The number of tetrazole rings is 1. The van der Waals surface area contributed by atoms with Crippen molar-refractivity contribution >= 4 is 21.8 Å². The van der Waals surface area contributed by atoms with Crippen molar-refractivity contribution in [2.75, 3.05) is 0 Å². The van der Waals surface area contributed by atoms with E-state index in [-0.39, 0.29) is 24.8 Å². The molecular formula is C10H9BrFN5O. The van der Waals surface area contributed by atoms with Gasteiger partial charge < -0.3 is 5.32 Å². The lowest BCUT2D eigenvalue weighted by Crippen LogP contribution is -2.27. The Hall–Kier alpha value is -1.83. The van der Waals surface area contributed by atoms with Crippen molar-refractivity contribution in [2.24, 2.45) is 0 Å². The van der Waals surface area contributed by atoms with E-state index in [2.05, 4.69) is 36.8 Å². The molecule has 0 atom stereocenters. The van der Waals surface area contributed by atoms with Crippen LogP contribution < -0.4 is 5.32 Å². The number of amides is 1. The fraction of sp³-hybridized carbons (Fsp3) is 0.200. The summed E-state index contributed by atoms with van der Waals surface area (Å²) in [6.45, 7) is 0.130. The Morgan fingerprint density at radius 1 is 1.50 bits per heavy atom. The molecule has 1 aromatic carbocycles. The molecule has 1 aromatic heterocycles. The zero-order chi connectivity index (χ0) is 13.0. The van der Waals surface area contributed by atoms with Gasteiger partial charge >= 0.3 is 0 Å². The minimum absolute atomic E-state index is 0.00511. The molecule has 0 saturated carbocycles. The van der Waals surface area contributed by atoms with E-state index in [4.69, 9.17) is 0 Å². The molecule has 0 aliphatic heterocycles. The van der Waals surface area contributed by atoms with Crippen LogP contribution in [0.15, 0.2) is 29.0 Å². The molecule has 2 aromatic rings. The highest BCUT2D eigenvalue weighted by Gasteiger charge is 2.06. The second kappa shape index (κ2) is 5.67. The smallest absolute Gasteiger partial charge is 0.242 e. The molecule has 8 heteroatoms. The third-order valence-corrected chi connectivity index (χ3v) is 2.68. The van der Waals surface area contributed by atoms with Gasteiger partial charge in [-0.15, -0.1) is 5.10 Å². The Morgan fingerprint density at radius 2 is 2.33 bits per heavy atom. The Balaban J connectivity index is 1.89. The number of rotatable bonds is 4. The Bertz CT molecular complexity index is 545. The second-order valence-electron chi connectivity index (χ2n) is 3.52. The quantitative estimate of drug-likeness (QED) is 0.910. The summed E-state index contributed by atoms with van der Waals surface area (Å²) in [6, 6.07) is 4.67. The Morgan fingerprint density at radius 3 is 3.00 bits per heavy atom. The number of hydrogen-bond donors (Lipinski definition) is 1. The van der Waals surface area contributed by atoms with E-state index in [1.165, 1.54) is 17.1 Å². The van der Waals surface area contributed by atoms with Crippen molar-refractivity contribution in [1.29, 1.82) is 0 Å². The first-order valence-corrected chi connectivity index (χ1v) is 5.86. The van der Waals surface area contributed by atoms with Crippen LogP contribution >= 0.6 is 15.9 Å². The number of halogens is 2. The largest absolute Gasteiger partial charge is 0.350 e. The zero-order valence-electron chi connectivity index (χ0n) is 9.18. The van der Waals surface area contributed by atoms with Crippen LogP contribution in [0.1, 0.15) is 5.56 Å². The van der Waals surface area contributed by atoms with Gasteiger partial charge in [-0.3, -0.25) is 4.79 Å². The molecule has 0 spiro atoms. The van der Waals surface area contributed by atoms with Crippen LogP contribution in [0.3, 0.4) is 0 Å². The Labute approximate surface area is 110 Å². The summed E-state index contributed by atoms with van der Waals surface area (Å²) in [5, 5.41) is 13.0. The van der Waals surface area contributed by atoms with Crippen LogP contribution in [0.4, 0.5) is 4.39 Å². The maximum absolute atomic E-state index is 13.5. The van der Waals surface area contributed by atoms with Gasteiger partial charge in [0.25, 0.3) is 0 Å². The van der Waals surface area contributed by atoms with Crippen LogP contribution in [-0.4, -0.2) is 26.1 Å². The van der Waals surface area contributed by atoms with E-state index in [1.807, 2.05) is 0 Å². The highest BCUT2D eigenvalue weighted by molar-refractivity contribution is 9.10. The monoisotopic (exact) mass is 313 g/mol. The van der Waals surface area contributed by atoms with Crippen LogP contribution in [0.5, 0.6) is 0 Å². The molecule has 18 heavy (non-hydrogen) atoms. The molecule has 0 fully saturated rings. The number of carbonyl (C=O) groups is 1. The molecular weight excluding hydrogens is 305 g/mol. The van der Waals surface area contributed by atoms with E-state index in [0.29, 0.717) is 10.0 Å². The lowest BCUT2D eigenvalue weighted by atomic mass is 10.2. The van der Waals surface area contributed by atoms with Crippen molar-refractivity contribution in [1.82, 2.24) is 25.5 Å². The predicted molar refractivity (Wildman–Crippen MR) is 63.8 cm³/mol. The van der Waals surface area contributed by atoms with Gasteiger partial charge in [-0.2, -0.15) is 0 Å². The zero-order valence-corrected chi connectivity index (χ0v) is 10.8. The molecule has 0 aliphatic rings. The van der Waals surface area contributed by atoms with Crippen molar-refractivity contribution < 1.29 is 9.18 Å². The first-order valence-electron chi connectivity index (χ1n) is 5.06. The van der Waals surface area contributed by atoms with Crippen LogP contribution in [0, 0.1) is 5.82 Å². The first-order chi connectivity index (χ1) is 8.65. The van der Waals surface area contributed by atoms with Gasteiger partial charge in [-0.05, 0) is 22.6 Å². The fourth-order valence-electron chi connectivity index (χ4n) is 1.31. The van der Waals surface area contributed by atoms with E-state index in [0.717, 1.165) is 0 Å². The molecule has 0 radical (unpaired) electrons. The summed E-state index contributed by atoms with van der Waals surface area (Å²) >= 11 is 3.16. The van der Waals surface area contributed by atoms with Gasteiger partial charge in [-0.25, -0.2) is 9.07 Å². The van der Waals surface area contributed by atoms with Gasteiger partial charge in [0.1, 0.15) is 18.7 Å². The lowest BCUT2D eigenvalue weighted by Gasteiger charge is -2.06. The SMILES string of the molecule is O=C(Cn1cnnn1)NCc1ccc(Br)cc1F. The highest BCUT2D eigenvalue weighted by Crippen LogP contribution is 2.14. The maximum atomic E-state index is 13.5. The normalized spacial score (nSPS) is 10.3. The highest BCUT2D eigenvalue weighted by atomic mass is 79.9. The summed E-state index contributed by atoms with van der Waals surface area (Å²) in [4.78, 5) is 11.5. The van der Waals surface area contributed by atoms with Crippen molar-refractivity contribution in [2.45, 2.75) is 13.1 Å². The average molecular weight is 314 g/mol. The van der Waals surface area contributed by atoms with Gasteiger partial charge in [0.05, 0.1) is 0 Å². The average Bonchev–Trinajstić information content (AvgIpc) is 2.80. The van der Waals surface area contributed by atoms with Crippen molar-refractivity contribution in [3.63, 3.8) is 0 Å². The van der Waals surface area contributed by atoms with Crippen molar-refractivity contribution in [3.05, 3.63) is 40.4 Å². The van der Waals surface area contributed by atoms with E-state index in [1.54, 1.807) is 12.1 Å². The molecule has 0 bridgehead atoms. The summed E-state index contributed by atoms with van der Waals surface area (Å²) < 4.78 is 15.4. The van der Waals surface area contributed by atoms with Crippen LogP contribution in [-0.2, 0) is 17.9 Å². The maximum Gasteiger partial charge on any atom is 0.242 e. The molecule has 94 valence electrons. The molecule has 0 unspecified atom stereocenters. The molecule has 0 aliphatic carbocycles. The summed E-state index contributed by atoms with van der Waals surface area (Å²) in [7, 11) is 0. The number of hydrogen-bond acceptors (Lipinski definition) is 4. The minimum atomic E-state index is -0.368. The molecule has 6 nitrogen and oxygen atoms in total. The third kappa shape index (κ3) is 3.33. The number of aromatic nitrogens is 4. The van der Waals surface area contributed by atoms with Gasteiger partial charge in [0.2, 0.25) is 5.91 Å². The molecule has 1 N–H and O–H groups in total. The standard InChI is InChI=1S/C10H9BrFN5O/c11-8-2-1-7(9(12)3-8)4-13-10(18)5-17-6-14-15-16-17/h1-3,6H,4-5H2,(H,13,18). The summed E-state index contributed by atoms with van der Waals surface area (Å²) in [5.74, 6) is -0.656. The van der Waals surface area contributed by atoms with Gasteiger partial charge in [0, 0.05) is 16.6 Å². The number of nitrogens with zero attached hydrogens (tertiary/aromatic N) is 4. The number of benzene rings is 1. The fourth-order valence-corrected chi connectivity index (χ4v) is 1.65. The summed E-state index contributed by atoms with van der Waals surface area (Å²) in [5.41, 5.74) is 0.420. The predicted octanol–water partition coefficient (Wildman–Crippen LogP) is 0.891. The first kappa shape index (κ1) is 12.6. The molecule has 1 heterocycles. The van der Waals surface area contributed by atoms with Crippen molar-refractivity contribution in [3.8, 4) is 0 Å². The van der Waals surface area contributed by atoms with E-state index in [9.17, 15) is 9.18 Å². The minimum Gasteiger partial charge on any atom is -0.350 e. The lowest BCUT2D eigenvalue weighted by molar-refractivity contribution is -0.122.